The first-order chi connectivity index (χ1) is 9.87. The van der Waals surface area contributed by atoms with Gasteiger partial charge in [0.2, 0.25) is 0 Å². The van der Waals surface area contributed by atoms with E-state index < -0.39 is 6.51 Å². The van der Waals surface area contributed by atoms with Crippen LogP contribution in [0.25, 0.3) is 0 Å². The van der Waals surface area contributed by atoms with Crippen LogP contribution < -0.4 is 0 Å². The number of Topliss-reactive ketones (excluding diaryl/α,β-unsaturated/α-hetero) is 1. The first-order valence-electron chi connectivity index (χ1n) is 8.67. The van der Waals surface area contributed by atoms with Crippen molar-refractivity contribution in [2.45, 2.75) is 61.0 Å². The summed E-state index contributed by atoms with van der Waals surface area (Å²) in [5.41, 5.74) is 3.13. The Morgan fingerprint density at radius 1 is 0.952 bits per heavy atom. The molecule has 0 amide bonds. The number of ketones is 1. The minimum absolute atomic E-state index is 0.416. The van der Waals surface area contributed by atoms with E-state index in [-0.39, 0.29) is 0 Å². The molecule has 0 bridgehead atoms. The van der Waals surface area contributed by atoms with Crippen molar-refractivity contribution in [2.75, 3.05) is 0 Å². The van der Waals surface area contributed by atoms with Gasteiger partial charge in [-0.1, -0.05) is 0 Å². The Hall–Kier alpha value is -0.591. The van der Waals surface area contributed by atoms with Gasteiger partial charge in [0.1, 0.15) is 0 Å². The van der Waals surface area contributed by atoms with E-state index in [1.165, 1.54) is 24.8 Å². The second-order valence-electron chi connectivity index (χ2n) is 12.2. The van der Waals surface area contributed by atoms with Crippen LogP contribution in [-0.2, 0) is 15.6 Å². The molecule has 1 nitrogen and oxygen atoms in total. The molecule has 10 heterocycles. The standard InChI is InChI=1S/C12H11.C7H7O.Fe/c1-10-6-8-12(9-7-10)11-4-2-3-5-11;1-6(8)7-4-2-3-5-7;/h2-9H,1H3;2-5H,1H3;. The Kier molecular flexibility index (Phi) is 0.298. The first-order valence-corrected chi connectivity index (χ1v) is 14.9. The molecule has 8 atom stereocenters. The zero-order valence-corrected chi connectivity index (χ0v) is 13.3. The third-order valence-corrected chi connectivity index (χ3v) is 59.7. The quantitative estimate of drug-likeness (QED) is 0.719. The number of carbonyl (C=O) groups excluding carboxylic acids is 1. The van der Waals surface area contributed by atoms with E-state index in [2.05, 4.69) is 31.2 Å². The minimum atomic E-state index is -3.49. The van der Waals surface area contributed by atoms with Gasteiger partial charge in [-0.05, 0) is 0 Å². The molecule has 0 radical (unpaired) electrons. The van der Waals surface area contributed by atoms with E-state index in [4.69, 9.17) is 0 Å². The molecule has 10 saturated heterocycles. The van der Waals surface area contributed by atoms with E-state index >= 15 is 0 Å². The molecule has 10 aliphatic rings. The monoisotopic (exact) mass is 318 g/mol. The normalized spacial score (nSPS) is 102. The number of hydrogen-bond donors (Lipinski definition) is 0. The molecule has 11 rings (SSSR count). The predicted molar refractivity (Wildman–Crippen MR) is 76.2 cm³/mol. The summed E-state index contributed by atoms with van der Waals surface area (Å²) in [6.07, 6.45) is 0. The molecule has 8 unspecified atom stereocenters. The van der Waals surface area contributed by atoms with E-state index in [0.29, 0.717) is 14.4 Å². The van der Waals surface area contributed by atoms with Gasteiger partial charge in [0.15, 0.2) is 0 Å². The van der Waals surface area contributed by atoms with Crippen molar-refractivity contribution in [3.8, 4) is 0 Å². The van der Waals surface area contributed by atoms with Crippen LogP contribution in [0.4, 0.5) is 0 Å². The summed E-state index contributed by atoms with van der Waals surface area (Å²) in [6, 6.07) is 9.68. The molecule has 10 fully saturated rings. The summed E-state index contributed by atoms with van der Waals surface area (Å²) in [5, 5.41) is 0. The van der Waals surface area contributed by atoms with Crippen LogP contribution in [0.15, 0.2) is 24.3 Å². The number of rotatable bonds is 2. The Morgan fingerprint density at radius 2 is 1.48 bits per heavy atom. The molecule has 2 heteroatoms. The molecule has 1 spiro atoms. The number of fused-ring (bicyclic) bond motifs is 10. The molecule has 108 valence electrons. The fraction of sp³-hybridized carbons (Fsp3) is 0.632. The van der Waals surface area contributed by atoms with Crippen LogP contribution in [0.2, 0.25) is 42.8 Å². The third-order valence-electron chi connectivity index (χ3n) is 16.8. The zero-order valence-electron chi connectivity index (χ0n) is 12.2. The Labute approximate surface area is 113 Å². The molecule has 1 aromatic carbocycles. The Balaban J connectivity index is 1.49. The summed E-state index contributed by atoms with van der Waals surface area (Å²) in [7, 11) is 0. The van der Waals surface area contributed by atoms with Gasteiger partial charge in [-0.3, -0.25) is 0 Å². The molecule has 21 heavy (non-hydrogen) atoms. The van der Waals surface area contributed by atoms with Gasteiger partial charge in [0, 0.05) is 0 Å². The molecule has 0 saturated carbocycles. The van der Waals surface area contributed by atoms with Gasteiger partial charge in [0.25, 0.3) is 0 Å². The summed E-state index contributed by atoms with van der Waals surface area (Å²) in [4.78, 5) is 22.1. The molecular formula is C19H18FeO. The predicted octanol–water partition coefficient (Wildman–Crippen LogP) is 4.75. The number of aryl methyl sites for hydroxylation is 1. The maximum absolute atomic E-state index is 12.9. The van der Waals surface area contributed by atoms with E-state index in [0.717, 1.165) is 19.3 Å². The van der Waals surface area contributed by atoms with Gasteiger partial charge in [-0.25, -0.2) is 0 Å². The van der Waals surface area contributed by atoms with E-state index in [1.807, 2.05) is 6.92 Å². The van der Waals surface area contributed by atoms with Gasteiger partial charge in [0.05, 0.1) is 0 Å². The molecule has 0 aromatic heterocycles. The van der Waals surface area contributed by atoms with Crippen LogP contribution in [0.3, 0.4) is 0 Å². The Bertz CT molecular complexity index is 1310. The summed E-state index contributed by atoms with van der Waals surface area (Å²) in [6.45, 7) is 0.720. The second-order valence-corrected chi connectivity index (χ2v) is 35.4. The van der Waals surface area contributed by atoms with Crippen molar-refractivity contribution in [3.63, 3.8) is 0 Å². The fourth-order valence-electron chi connectivity index (χ4n) is 19.1. The number of benzene rings is 1. The third kappa shape index (κ3) is 0.0961. The van der Waals surface area contributed by atoms with Crippen molar-refractivity contribution in [1.29, 1.82) is 0 Å². The van der Waals surface area contributed by atoms with Gasteiger partial charge < -0.3 is 0 Å². The topological polar surface area (TPSA) is 17.1 Å². The second kappa shape index (κ2) is 0.754. The van der Waals surface area contributed by atoms with Crippen LogP contribution in [0.1, 0.15) is 18.1 Å². The summed E-state index contributed by atoms with van der Waals surface area (Å²) >= 11 is 0. The van der Waals surface area contributed by atoms with Crippen molar-refractivity contribution >= 4 is 5.78 Å². The van der Waals surface area contributed by atoms with Crippen molar-refractivity contribution in [3.05, 3.63) is 35.4 Å². The summed E-state index contributed by atoms with van der Waals surface area (Å²) < 4.78 is 1.12. The van der Waals surface area contributed by atoms with Gasteiger partial charge >= 0.3 is 113 Å². The average molecular weight is 318 g/mol. The fourth-order valence-corrected chi connectivity index (χ4v) is 95.7. The molecule has 0 aliphatic carbocycles. The average Bonchev–Trinajstić information content (AvgIpc) is 3.41. The summed E-state index contributed by atoms with van der Waals surface area (Å²) in [5.74, 6) is 0.695. The molecule has 10 aliphatic heterocycles. The SMILES string of the molecule is CC(=O)[C]12[CH]3[CH]4[CH]5[CH]1[Fe]45321678[CH]2[CH]1[CH]6[C]7(c1ccc(C)cc1)[CH]28. The van der Waals surface area contributed by atoms with Crippen molar-refractivity contribution in [1.82, 2.24) is 0 Å². The number of carbonyl (C=O) groups is 1. The van der Waals surface area contributed by atoms with E-state index in [1.54, 1.807) is 5.56 Å². The first kappa shape index (κ1) is 8.31. The van der Waals surface area contributed by atoms with Gasteiger partial charge in [-0.2, -0.15) is 0 Å². The Morgan fingerprint density at radius 3 is 1.86 bits per heavy atom. The number of hydrogen-bond acceptors (Lipinski definition) is 1. The maximum atomic E-state index is 12.9. The van der Waals surface area contributed by atoms with Crippen molar-refractivity contribution in [2.24, 2.45) is 0 Å². The van der Waals surface area contributed by atoms with E-state index in [9.17, 15) is 4.79 Å². The van der Waals surface area contributed by atoms with Crippen LogP contribution in [0, 0.1) is 6.92 Å². The zero-order chi connectivity index (χ0) is 13.5. The van der Waals surface area contributed by atoms with Crippen LogP contribution in [0.5, 0.6) is 0 Å². The molecular weight excluding hydrogens is 300 g/mol. The van der Waals surface area contributed by atoms with Gasteiger partial charge in [-0.15, -0.1) is 0 Å². The van der Waals surface area contributed by atoms with Crippen molar-refractivity contribution < 1.29 is 11.3 Å². The molecule has 1 aromatic rings. The van der Waals surface area contributed by atoms with Crippen LogP contribution >= 0.6 is 0 Å². The molecule has 0 N–H and O–H groups in total. The van der Waals surface area contributed by atoms with Crippen LogP contribution in [-0.4, -0.2) is 5.78 Å².